The Morgan fingerprint density at radius 2 is 2.12 bits per heavy atom. The van der Waals surface area contributed by atoms with Crippen LogP contribution in [0.15, 0.2) is 22.7 Å². The van der Waals surface area contributed by atoms with Gasteiger partial charge in [0.2, 0.25) is 0 Å². The molecule has 0 aliphatic rings. The number of nitrogens with one attached hydrogen (secondary N) is 1. The van der Waals surface area contributed by atoms with Gasteiger partial charge in [0.25, 0.3) is 5.91 Å². The van der Waals surface area contributed by atoms with Gasteiger partial charge in [-0.1, -0.05) is 11.1 Å². The molecule has 0 bridgehead atoms. The fourth-order valence-corrected chi connectivity index (χ4v) is 2.21. The van der Waals surface area contributed by atoms with Crippen LogP contribution in [0.2, 0.25) is 0 Å². The third-order valence-electron chi connectivity index (χ3n) is 3.33. The van der Waals surface area contributed by atoms with Crippen molar-refractivity contribution in [1.82, 2.24) is 10.5 Å². The van der Waals surface area contributed by atoms with Crippen molar-refractivity contribution in [2.45, 2.75) is 13.0 Å². The van der Waals surface area contributed by atoms with E-state index < -0.39 is 12.0 Å². The van der Waals surface area contributed by atoms with Crippen LogP contribution in [0.25, 0.3) is 11.3 Å². The van der Waals surface area contributed by atoms with E-state index in [1.807, 2.05) is 0 Å². The molecule has 2 N–H and O–H groups in total. The van der Waals surface area contributed by atoms with Gasteiger partial charge in [-0.3, -0.25) is 4.79 Å². The van der Waals surface area contributed by atoms with Crippen molar-refractivity contribution in [3.8, 4) is 35.1 Å². The first-order valence-corrected chi connectivity index (χ1v) is 7.15. The number of methoxy groups -OCH3 is 2. The summed E-state index contributed by atoms with van der Waals surface area (Å²) in [6.07, 6.45) is 4.16. The van der Waals surface area contributed by atoms with Crippen molar-refractivity contribution < 1.29 is 23.9 Å². The van der Waals surface area contributed by atoms with Crippen LogP contribution in [0.5, 0.6) is 11.5 Å². The number of rotatable bonds is 6. The van der Waals surface area contributed by atoms with Crippen LogP contribution in [-0.2, 0) is 0 Å². The van der Waals surface area contributed by atoms with E-state index in [1.165, 1.54) is 21.1 Å². The van der Waals surface area contributed by atoms with E-state index in [4.69, 9.17) is 20.4 Å². The van der Waals surface area contributed by atoms with Gasteiger partial charge in [0.1, 0.15) is 17.4 Å². The Balaban J connectivity index is 2.54. The lowest BCUT2D eigenvalue weighted by atomic mass is 10.0. The average Bonchev–Trinajstić information content (AvgIpc) is 3.04. The maximum Gasteiger partial charge on any atom is 0.258 e. The molecule has 0 aliphatic heterocycles. The zero-order chi connectivity index (χ0) is 17.7. The number of hydrogen-bond acceptors (Lipinski definition) is 6. The van der Waals surface area contributed by atoms with Crippen LogP contribution in [0, 0.1) is 12.3 Å². The van der Waals surface area contributed by atoms with Crippen molar-refractivity contribution in [3.05, 3.63) is 29.5 Å². The van der Waals surface area contributed by atoms with Crippen molar-refractivity contribution in [2.75, 3.05) is 20.8 Å². The van der Waals surface area contributed by atoms with Crippen molar-refractivity contribution in [2.24, 2.45) is 0 Å². The number of benzene rings is 1. The summed E-state index contributed by atoms with van der Waals surface area (Å²) in [7, 11) is 3.03. The average molecular weight is 330 g/mol. The number of aliphatic hydroxyl groups excluding tert-OH is 1. The third kappa shape index (κ3) is 3.34. The molecule has 0 saturated carbocycles. The van der Waals surface area contributed by atoms with Gasteiger partial charge in [-0.2, -0.15) is 0 Å². The lowest BCUT2D eigenvalue weighted by Crippen LogP contribution is -2.25. The Hall–Kier alpha value is -2.98. The molecule has 1 atom stereocenters. The van der Waals surface area contributed by atoms with E-state index in [2.05, 4.69) is 16.4 Å². The predicted molar refractivity (Wildman–Crippen MR) is 86.8 cm³/mol. The maximum absolute atomic E-state index is 12.4. The molecule has 2 rings (SSSR count). The molecule has 0 spiro atoms. The highest BCUT2D eigenvalue weighted by Crippen LogP contribution is 2.35. The number of ether oxygens (including phenoxy) is 2. The molecule has 0 saturated heterocycles. The molecule has 0 unspecified atom stereocenters. The molecule has 1 aromatic carbocycles. The van der Waals surface area contributed by atoms with Crippen molar-refractivity contribution in [1.29, 1.82) is 0 Å². The number of aliphatic hydroxyl groups is 1. The number of aromatic nitrogens is 1. The normalized spacial score (nSPS) is 11.5. The highest BCUT2D eigenvalue weighted by Gasteiger charge is 2.26. The molecular formula is C17H18N2O5. The summed E-state index contributed by atoms with van der Waals surface area (Å²) in [5.74, 6) is 2.93. The zero-order valence-corrected chi connectivity index (χ0v) is 13.6. The van der Waals surface area contributed by atoms with Crippen LogP contribution >= 0.6 is 0 Å². The van der Waals surface area contributed by atoms with Gasteiger partial charge in [0.15, 0.2) is 17.3 Å². The molecule has 0 fully saturated rings. The topological polar surface area (TPSA) is 93.8 Å². The van der Waals surface area contributed by atoms with Gasteiger partial charge in [-0.15, -0.1) is 6.42 Å². The number of amides is 1. The monoisotopic (exact) mass is 330 g/mol. The minimum Gasteiger partial charge on any atom is -0.493 e. The fourth-order valence-electron chi connectivity index (χ4n) is 2.21. The number of carbonyl (C=O) groups is 1. The minimum absolute atomic E-state index is 0.0502. The minimum atomic E-state index is -1.00. The van der Waals surface area contributed by atoms with Gasteiger partial charge in [-0.25, -0.2) is 0 Å². The maximum atomic E-state index is 12.4. The summed E-state index contributed by atoms with van der Waals surface area (Å²) in [6.45, 7) is 1.53. The smallest absolute Gasteiger partial charge is 0.258 e. The highest BCUT2D eigenvalue weighted by molar-refractivity contribution is 6.01. The van der Waals surface area contributed by atoms with E-state index >= 15 is 0 Å². The quantitative estimate of drug-likeness (QED) is 0.784. The fraction of sp³-hybridized carbons (Fsp3) is 0.294. The van der Waals surface area contributed by atoms with Gasteiger partial charge < -0.3 is 24.4 Å². The first-order valence-electron chi connectivity index (χ1n) is 7.15. The molecule has 0 aliphatic carbocycles. The lowest BCUT2D eigenvalue weighted by molar-refractivity contribution is 0.0946. The molecule has 1 aromatic heterocycles. The summed E-state index contributed by atoms with van der Waals surface area (Å²) in [5.41, 5.74) is 0.989. The summed E-state index contributed by atoms with van der Waals surface area (Å²) < 4.78 is 15.6. The van der Waals surface area contributed by atoms with Crippen molar-refractivity contribution in [3.63, 3.8) is 0 Å². The summed E-state index contributed by atoms with van der Waals surface area (Å²) in [4.78, 5) is 12.4. The second-order valence-corrected chi connectivity index (χ2v) is 4.90. The van der Waals surface area contributed by atoms with Crippen LogP contribution in [0.4, 0.5) is 0 Å². The van der Waals surface area contributed by atoms with E-state index in [0.29, 0.717) is 17.1 Å². The third-order valence-corrected chi connectivity index (χ3v) is 3.33. The van der Waals surface area contributed by atoms with E-state index in [-0.39, 0.29) is 23.6 Å². The van der Waals surface area contributed by atoms with Crippen LogP contribution in [0.1, 0.15) is 29.1 Å². The predicted octanol–water partition coefficient (Wildman–Crippen LogP) is 1.78. The lowest BCUT2D eigenvalue weighted by Gasteiger charge is -2.09. The van der Waals surface area contributed by atoms with Gasteiger partial charge >= 0.3 is 0 Å². The second kappa shape index (κ2) is 7.53. The molecule has 7 heteroatoms. The number of nitrogens with zero attached hydrogens (tertiary/aromatic N) is 1. The Morgan fingerprint density at radius 3 is 2.71 bits per heavy atom. The standard InChI is InChI=1S/C17H18N2O5/c1-5-8-18-17(21)14-15(19-24-16(14)10(2)20)11-6-7-12(22-3)13(9-11)23-4/h1,6-7,9-10,20H,8H2,2-4H3,(H,18,21)/t10-/m0/s1. The second-order valence-electron chi connectivity index (χ2n) is 4.90. The summed E-state index contributed by atoms with van der Waals surface area (Å²) >= 11 is 0. The van der Waals surface area contributed by atoms with Crippen LogP contribution < -0.4 is 14.8 Å². The Morgan fingerprint density at radius 1 is 1.42 bits per heavy atom. The zero-order valence-electron chi connectivity index (χ0n) is 13.6. The summed E-state index contributed by atoms with van der Waals surface area (Å²) in [5, 5.41) is 16.3. The van der Waals surface area contributed by atoms with Gasteiger partial charge in [-0.05, 0) is 25.1 Å². The van der Waals surface area contributed by atoms with Crippen LogP contribution in [-0.4, -0.2) is 36.9 Å². The number of hydrogen-bond donors (Lipinski definition) is 2. The highest BCUT2D eigenvalue weighted by atomic mass is 16.5. The molecule has 1 heterocycles. The SMILES string of the molecule is C#CCNC(=O)c1c(-c2ccc(OC)c(OC)c2)noc1[C@H](C)O. The van der Waals surface area contributed by atoms with Gasteiger partial charge in [0, 0.05) is 5.56 Å². The molecule has 24 heavy (non-hydrogen) atoms. The molecule has 7 nitrogen and oxygen atoms in total. The first-order chi connectivity index (χ1) is 11.5. The summed E-state index contributed by atoms with van der Waals surface area (Å²) in [6, 6.07) is 5.07. The number of terminal acetylenes is 1. The molecular weight excluding hydrogens is 312 g/mol. The molecule has 1 amide bonds. The van der Waals surface area contributed by atoms with Gasteiger partial charge in [0.05, 0.1) is 20.8 Å². The Bertz CT molecular complexity index is 774. The van der Waals surface area contributed by atoms with E-state index in [0.717, 1.165) is 0 Å². The van der Waals surface area contributed by atoms with E-state index in [9.17, 15) is 9.90 Å². The van der Waals surface area contributed by atoms with E-state index in [1.54, 1.807) is 18.2 Å². The van der Waals surface area contributed by atoms with Crippen molar-refractivity contribution >= 4 is 5.91 Å². The van der Waals surface area contributed by atoms with Crippen LogP contribution in [0.3, 0.4) is 0 Å². The first kappa shape index (κ1) is 17.4. The number of carbonyl (C=O) groups excluding carboxylic acids is 1. The largest absolute Gasteiger partial charge is 0.493 e. The Kier molecular flexibility index (Phi) is 5.45. The molecule has 2 aromatic rings. The molecule has 126 valence electrons. The Labute approximate surface area is 139 Å². The molecule has 0 radical (unpaired) electrons.